The van der Waals surface area contributed by atoms with Gasteiger partial charge in [0.05, 0.1) is 0 Å². The second-order valence-corrected chi connectivity index (χ2v) is 6.54. The highest BCUT2D eigenvalue weighted by Crippen LogP contribution is 2.23. The summed E-state index contributed by atoms with van der Waals surface area (Å²) in [6.45, 7) is 3.08. The molecule has 6 heteroatoms. The Balaban J connectivity index is 0.00000243. The molecule has 2 aromatic carbocycles. The number of aliphatic imine (C=N–C) groups is 1. The lowest BCUT2D eigenvalue weighted by Crippen LogP contribution is -2.32. The molecule has 3 N–H and O–H groups in total. The fraction of sp³-hybridized carbons (Fsp3) is 0.350. The number of benzene rings is 2. The summed E-state index contributed by atoms with van der Waals surface area (Å²) in [5.41, 5.74) is 6.91. The van der Waals surface area contributed by atoms with Crippen LogP contribution in [-0.4, -0.2) is 37.5 Å². The van der Waals surface area contributed by atoms with Gasteiger partial charge in [0.25, 0.3) is 0 Å². The number of likely N-dealkylation sites (tertiary alicyclic amines) is 1. The number of guanidine groups is 1. The highest BCUT2D eigenvalue weighted by atomic mass is 127. The summed E-state index contributed by atoms with van der Waals surface area (Å²) in [5, 5.41) is 3.15. The minimum Gasteiger partial charge on any atom is -0.457 e. The second-order valence-electron chi connectivity index (χ2n) is 6.54. The van der Waals surface area contributed by atoms with E-state index in [4.69, 9.17) is 10.5 Å². The first-order chi connectivity index (χ1) is 12.2. The van der Waals surface area contributed by atoms with Gasteiger partial charge >= 0.3 is 0 Å². The van der Waals surface area contributed by atoms with Crippen LogP contribution in [0.3, 0.4) is 0 Å². The molecule has 1 saturated heterocycles. The number of ether oxygens (including phenoxy) is 1. The van der Waals surface area contributed by atoms with E-state index < -0.39 is 0 Å². The molecule has 0 aliphatic carbocycles. The molecule has 0 unspecified atom stereocenters. The van der Waals surface area contributed by atoms with Gasteiger partial charge in [0, 0.05) is 18.3 Å². The monoisotopic (exact) mass is 466 g/mol. The lowest BCUT2D eigenvalue weighted by molar-refractivity contribution is 0.224. The molecule has 0 bridgehead atoms. The molecule has 0 atom stereocenters. The van der Waals surface area contributed by atoms with Gasteiger partial charge in [-0.15, -0.1) is 24.0 Å². The number of nitrogens with one attached hydrogen (secondary N) is 1. The zero-order valence-corrected chi connectivity index (χ0v) is 17.4. The predicted octanol–water partition coefficient (Wildman–Crippen LogP) is 4.17. The fourth-order valence-corrected chi connectivity index (χ4v) is 2.92. The average molecular weight is 466 g/mol. The number of piperidine rings is 1. The maximum absolute atomic E-state index is 6.04. The third kappa shape index (κ3) is 6.49. The Morgan fingerprint density at radius 2 is 1.81 bits per heavy atom. The van der Waals surface area contributed by atoms with Crippen LogP contribution in [0, 0.1) is 5.92 Å². The number of nitrogens with two attached hydrogens (primary N) is 1. The van der Waals surface area contributed by atoms with Crippen LogP contribution in [0.2, 0.25) is 0 Å². The van der Waals surface area contributed by atoms with Crippen LogP contribution in [0.5, 0.6) is 11.5 Å². The smallest absolute Gasteiger partial charge is 0.193 e. The molecule has 140 valence electrons. The van der Waals surface area contributed by atoms with Gasteiger partial charge in [0.2, 0.25) is 0 Å². The molecule has 1 fully saturated rings. The van der Waals surface area contributed by atoms with Crippen molar-refractivity contribution in [2.75, 3.05) is 32.0 Å². The summed E-state index contributed by atoms with van der Waals surface area (Å²) in [6.07, 6.45) is 2.38. The van der Waals surface area contributed by atoms with Gasteiger partial charge in [-0.05, 0) is 63.2 Å². The molecule has 1 aliphatic rings. The zero-order chi connectivity index (χ0) is 17.5. The second kappa shape index (κ2) is 10.4. The number of hydrogen-bond donors (Lipinski definition) is 2. The Hall–Kier alpha value is -1.80. The third-order valence-corrected chi connectivity index (χ3v) is 4.44. The lowest BCUT2D eigenvalue weighted by atomic mass is 9.97. The van der Waals surface area contributed by atoms with Gasteiger partial charge in [-0.1, -0.05) is 24.3 Å². The van der Waals surface area contributed by atoms with Crippen molar-refractivity contribution in [2.24, 2.45) is 16.6 Å². The van der Waals surface area contributed by atoms with E-state index in [1.54, 1.807) is 0 Å². The van der Waals surface area contributed by atoms with Crippen molar-refractivity contribution < 1.29 is 4.74 Å². The molecule has 1 aliphatic heterocycles. The zero-order valence-electron chi connectivity index (χ0n) is 15.1. The number of hydrogen-bond acceptors (Lipinski definition) is 3. The molecule has 0 radical (unpaired) electrons. The van der Waals surface area contributed by atoms with E-state index in [0.717, 1.165) is 36.8 Å². The maximum Gasteiger partial charge on any atom is 0.193 e. The highest BCUT2D eigenvalue weighted by molar-refractivity contribution is 14.0. The van der Waals surface area contributed by atoms with Crippen molar-refractivity contribution in [3.8, 4) is 11.5 Å². The van der Waals surface area contributed by atoms with Crippen LogP contribution in [0.4, 0.5) is 5.69 Å². The van der Waals surface area contributed by atoms with E-state index in [1.165, 1.54) is 12.8 Å². The van der Waals surface area contributed by atoms with Gasteiger partial charge in [0.1, 0.15) is 11.5 Å². The van der Waals surface area contributed by atoms with Crippen molar-refractivity contribution in [1.82, 2.24) is 4.90 Å². The molecule has 0 aromatic heterocycles. The van der Waals surface area contributed by atoms with Crippen molar-refractivity contribution in [3.05, 3.63) is 54.6 Å². The normalized spacial score (nSPS) is 16.0. The first kappa shape index (κ1) is 20.5. The quantitative estimate of drug-likeness (QED) is 0.395. The van der Waals surface area contributed by atoms with Crippen molar-refractivity contribution >= 4 is 35.6 Å². The summed E-state index contributed by atoms with van der Waals surface area (Å²) < 4.78 is 5.84. The van der Waals surface area contributed by atoms with Crippen molar-refractivity contribution in [1.29, 1.82) is 0 Å². The number of rotatable bonds is 5. The van der Waals surface area contributed by atoms with Crippen molar-refractivity contribution in [2.45, 2.75) is 12.8 Å². The van der Waals surface area contributed by atoms with Crippen LogP contribution >= 0.6 is 24.0 Å². The van der Waals surface area contributed by atoms with Crippen molar-refractivity contribution in [3.63, 3.8) is 0 Å². The fourth-order valence-electron chi connectivity index (χ4n) is 2.92. The number of anilines is 1. The van der Waals surface area contributed by atoms with Gasteiger partial charge in [-0.25, -0.2) is 0 Å². The van der Waals surface area contributed by atoms with Crippen LogP contribution in [0.1, 0.15) is 12.8 Å². The minimum absolute atomic E-state index is 0. The summed E-state index contributed by atoms with van der Waals surface area (Å²) >= 11 is 0. The van der Waals surface area contributed by atoms with Crippen LogP contribution in [-0.2, 0) is 0 Å². The van der Waals surface area contributed by atoms with Gasteiger partial charge in [-0.2, -0.15) is 0 Å². The molecular weight excluding hydrogens is 439 g/mol. The Kier molecular flexibility index (Phi) is 8.18. The number of para-hydroxylation sites is 1. The van der Waals surface area contributed by atoms with E-state index in [0.29, 0.717) is 11.9 Å². The van der Waals surface area contributed by atoms with Gasteiger partial charge < -0.3 is 20.7 Å². The Bertz CT molecular complexity index is 700. The molecule has 5 nitrogen and oxygen atoms in total. The first-order valence-corrected chi connectivity index (χ1v) is 8.77. The van der Waals surface area contributed by atoms with Crippen LogP contribution in [0.15, 0.2) is 59.6 Å². The first-order valence-electron chi connectivity index (χ1n) is 8.77. The predicted molar refractivity (Wildman–Crippen MR) is 119 cm³/mol. The highest BCUT2D eigenvalue weighted by Gasteiger charge is 2.16. The summed E-state index contributed by atoms with van der Waals surface area (Å²) in [5.74, 6) is 2.66. The molecular formula is C20H27IN4O. The Morgan fingerprint density at radius 1 is 1.12 bits per heavy atom. The summed E-state index contributed by atoms with van der Waals surface area (Å²) in [6, 6.07) is 17.5. The molecule has 26 heavy (non-hydrogen) atoms. The van der Waals surface area contributed by atoms with E-state index in [2.05, 4.69) is 22.3 Å². The van der Waals surface area contributed by atoms with E-state index >= 15 is 0 Å². The van der Waals surface area contributed by atoms with Gasteiger partial charge in [-0.3, -0.25) is 4.99 Å². The molecule has 0 saturated carbocycles. The third-order valence-electron chi connectivity index (χ3n) is 4.44. The SMILES string of the molecule is CN1CCC(CN=C(N)Nc2cccc(Oc3ccccc3)c2)CC1.I. The van der Waals surface area contributed by atoms with E-state index in [1.807, 2.05) is 54.6 Å². The maximum atomic E-state index is 6.04. The lowest BCUT2D eigenvalue weighted by Gasteiger charge is -2.27. The Labute approximate surface area is 172 Å². The van der Waals surface area contributed by atoms with E-state index in [9.17, 15) is 0 Å². The molecule has 1 heterocycles. The standard InChI is InChI=1S/C20H26N4O.HI/c1-24-12-10-16(11-13-24)15-22-20(21)23-17-6-5-9-19(14-17)25-18-7-3-2-4-8-18;/h2-9,14,16H,10-13,15H2,1H3,(H3,21,22,23);1H. The largest absolute Gasteiger partial charge is 0.457 e. The Morgan fingerprint density at radius 3 is 2.54 bits per heavy atom. The summed E-state index contributed by atoms with van der Waals surface area (Å²) in [4.78, 5) is 6.87. The average Bonchev–Trinajstić information content (AvgIpc) is 2.62. The van der Waals surface area contributed by atoms with Crippen LogP contribution in [0.25, 0.3) is 0 Å². The molecule has 0 spiro atoms. The number of halogens is 1. The minimum atomic E-state index is 0. The van der Waals surface area contributed by atoms with Crippen LogP contribution < -0.4 is 15.8 Å². The van der Waals surface area contributed by atoms with E-state index in [-0.39, 0.29) is 24.0 Å². The van der Waals surface area contributed by atoms with Gasteiger partial charge in [0.15, 0.2) is 5.96 Å². The summed E-state index contributed by atoms with van der Waals surface area (Å²) in [7, 11) is 2.17. The number of nitrogens with zero attached hydrogens (tertiary/aromatic N) is 2. The molecule has 2 aromatic rings. The molecule has 0 amide bonds. The molecule has 3 rings (SSSR count). The topological polar surface area (TPSA) is 62.9 Å².